The largest absolute Gasteiger partial charge is 0.398 e. The molecule has 2 rings (SSSR count). The van der Waals surface area contributed by atoms with Gasteiger partial charge in [0.05, 0.1) is 11.0 Å². The lowest BCUT2D eigenvalue weighted by molar-refractivity contribution is -0.0228. The van der Waals surface area contributed by atoms with E-state index in [2.05, 4.69) is 4.72 Å². The van der Waals surface area contributed by atoms with Crippen LogP contribution in [0.3, 0.4) is 0 Å². The van der Waals surface area contributed by atoms with Gasteiger partial charge in [-0.05, 0) is 31.5 Å². The number of hydrogen-bond donors (Lipinski definition) is 3. The molecular weight excluding hydrogens is 316 g/mol. The summed E-state index contributed by atoms with van der Waals surface area (Å²) >= 11 is 5.86. The van der Waals surface area contributed by atoms with E-state index in [-0.39, 0.29) is 16.5 Å². The summed E-state index contributed by atoms with van der Waals surface area (Å²) in [6.07, 6.45) is -0.0430. The van der Waals surface area contributed by atoms with Gasteiger partial charge in [0.2, 0.25) is 10.0 Å². The molecule has 6 nitrogen and oxygen atoms in total. The lowest BCUT2D eigenvalue weighted by Gasteiger charge is -2.26. The number of ether oxygens (including phenoxy) is 1. The van der Waals surface area contributed by atoms with E-state index in [1.165, 1.54) is 12.1 Å². The zero-order valence-corrected chi connectivity index (χ0v) is 13.5. The van der Waals surface area contributed by atoms with Gasteiger partial charge in [-0.3, -0.25) is 0 Å². The molecular formula is C13H19ClN2O4S. The number of nitrogen functional groups attached to an aromatic ring is 1. The van der Waals surface area contributed by atoms with Crippen LogP contribution in [0.2, 0.25) is 5.02 Å². The standard InChI is InChI=1S/C13H19ClN2O4S/c1-8-11(15)5-10(14)6-12(8)21(18,19)16-7-13(17)3-4-20-9(13)2/h5-6,9,16-17H,3-4,7,15H2,1-2H3. The minimum Gasteiger partial charge on any atom is -0.398 e. The second kappa shape index (κ2) is 5.73. The van der Waals surface area contributed by atoms with Gasteiger partial charge >= 0.3 is 0 Å². The zero-order valence-electron chi connectivity index (χ0n) is 11.9. The van der Waals surface area contributed by atoms with Gasteiger partial charge < -0.3 is 15.6 Å². The highest BCUT2D eigenvalue weighted by Crippen LogP contribution is 2.28. The Kier molecular flexibility index (Phi) is 4.51. The summed E-state index contributed by atoms with van der Waals surface area (Å²) in [5, 5.41) is 10.6. The van der Waals surface area contributed by atoms with Crippen molar-refractivity contribution in [2.24, 2.45) is 0 Å². The van der Waals surface area contributed by atoms with E-state index in [1.807, 2.05) is 0 Å². The highest BCUT2D eigenvalue weighted by molar-refractivity contribution is 7.89. The summed E-state index contributed by atoms with van der Waals surface area (Å²) in [7, 11) is -3.81. The summed E-state index contributed by atoms with van der Waals surface area (Å²) < 4.78 is 32.5. The average molecular weight is 335 g/mol. The Morgan fingerprint density at radius 3 is 2.81 bits per heavy atom. The third-order valence-electron chi connectivity index (χ3n) is 3.88. The maximum Gasteiger partial charge on any atom is 0.241 e. The van der Waals surface area contributed by atoms with Crippen molar-refractivity contribution in [2.45, 2.75) is 36.9 Å². The van der Waals surface area contributed by atoms with Crippen LogP contribution >= 0.6 is 11.6 Å². The third-order valence-corrected chi connectivity index (χ3v) is 5.63. The molecule has 1 saturated heterocycles. The van der Waals surface area contributed by atoms with Crippen LogP contribution in [0.25, 0.3) is 0 Å². The molecule has 4 N–H and O–H groups in total. The van der Waals surface area contributed by atoms with Crippen LogP contribution < -0.4 is 10.5 Å². The number of nitrogens with one attached hydrogen (secondary N) is 1. The maximum atomic E-state index is 12.4. The monoisotopic (exact) mass is 334 g/mol. The van der Waals surface area contributed by atoms with Gasteiger partial charge in [0.1, 0.15) is 5.60 Å². The summed E-state index contributed by atoms with van der Waals surface area (Å²) in [5.74, 6) is 0. The van der Waals surface area contributed by atoms with Gasteiger partial charge in [-0.1, -0.05) is 11.6 Å². The van der Waals surface area contributed by atoms with E-state index in [9.17, 15) is 13.5 Å². The molecule has 1 fully saturated rings. The molecule has 0 aliphatic carbocycles. The molecule has 1 aromatic carbocycles. The van der Waals surface area contributed by atoms with Crippen LogP contribution in [0.5, 0.6) is 0 Å². The van der Waals surface area contributed by atoms with Gasteiger partial charge in [0, 0.05) is 30.3 Å². The van der Waals surface area contributed by atoms with Crippen LogP contribution in [0, 0.1) is 6.92 Å². The molecule has 1 heterocycles. The Balaban J connectivity index is 2.24. The molecule has 118 valence electrons. The fourth-order valence-corrected chi connectivity index (χ4v) is 3.94. The summed E-state index contributed by atoms with van der Waals surface area (Å²) in [6.45, 7) is 3.60. The van der Waals surface area contributed by atoms with Gasteiger partial charge in [-0.15, -0.1) is 0 Å². The number of hydrogen-bond acceptors (Lipinski definition) is 5. The van der Waals surface area contributed by atoms with Crippen LogP contribution in [-0.2, 0) is 14.8 Å². The van der Waals surface area contributed by atoms with Gasteiger partial charge in [-0.2, -0.15) is 0 Å². The number of benzene rings is 1. The molecule has 2 unspecified atom stereocenters. The Bertz CT molecular complexity index is 650. The zero-order chi connectivity index (χ0) is 15.8. The number of aliphatic hydroxyl groups is 1. The molecule has 0 spiro atoms. The van der Waals surface area contributed by atoms with Crippen molar-refractivity contribution in [3.63, 3.8) is 0 Å². The van der Waals surface area contributed by atoms with E-state index in [0.29, 0.717) is 24.3 Å². The highest BCUT2D eigenvalue weighted by Gasteiger charge is 2.40. The normalized spacial score (nSPS) is 26.2. The first kappa shape index (κ1) is 16.5. The van der Waals surface area contributed by atoms with Crippen molar-refractivity contribution >= 4 is 27.3 Å². The van der Waals surface area contributed by atoms with Crippen molar-refractivity contribution in [3.8, 4) is 0 Å². The molecule has 21 heavy (non-hydrogen) atoms. The van der Waals surface area contributed by atoms with E-state index in [4.69, 9.17) is 22.1 Å². The Labute approximate surface area is 129 Å². The number of rotatable bonds is 4. The summed E-state index contributed by atoms with van der Waals surface area (Å²) in [4.78, 5) is 0.0164. The van der Waals surface area contributed by atoms with Crippen LogP contribution in [-0.4, -0.2) is 38.4 Å². The van der Waals surface area contributed by atoms with E-state index in [1.54, 1.807) is 13.8 Å². The molecule has 1 aliphatic rings. The molecule has 1 aliphatic heterocycles. The molecule has 0 amide bonds. The number of nitrogens with two attached hydrogens (primary N) is 1. The fourth-order valence-electron chi connectivity index (χ4n) is 2.25. The molecule has 0 radical (unpaired) electrons. The topological polar surface area (TPSA) is 102 Å². The van der Waals surface area contributed by atoms with Crippen molar-refractivity contribution in [1.82, 2.24) is 4.72 Å². The van der Waals surface area contributed by atoms with Gasteiger partial charge in [0.25, 0.3) is 0 Å². The van der Waals surface area contributed by atoms with E-state index < -0.39 is 21.7 Å². The van der Waals surface area contributed by atoms with Crippen molar-refractivity contribution in [3.05, 3.63) is 22.7 Å². The number of sulfonamides is 1. The van der Waals surface area contributed by atoms with Gasteiger partial charge in [0.15, 0.2) is 0 Å². The first-order valence-corrected chi connectivity index (χ1v) is 8.41. The Hall–Kier alpha value is -0.860. The average Bonchev–Trinajstić information content (AvgIpc) is 2.72. The summed E-state index contributed by atoms with van der Waals surface area (Å²) in [6, 6.07) is 2.84. The highest BCUT2D eigenvalue weighted by atomic mass is 35.5. The van der Waals surface area contributed by atoms with Crippen LogP contribution in [0.4, 0.5) is 5.69 Å². The SMILES string of the molecule is Cc1c(N)cc(Cl)cc1S(=O)(=O)NCC1(O)CCOC1C. The smallest absolute Gasteiger partial charge is 0.241 e. The molecule has 2 atom stereocenters. The fraction of sp³-hybridized carbons (Fsp3) is 0.538. The van der Waals surface area contributed by atoms with Crippen molar-refractivity contribution in [2.75, 3.05) is 18.9 Å². The predicted octanol–water partition coefficient (Wildman–Crippen LogP) is 1.05. The molecule has 8 heteroatoms. The lowest BCUT2D eigenvalue weighted by Crippen LogP contribution is -2.47. The van der Waals surface area contributed by atoms with Crippen molar-refractivity contribution < 1.29 is 18.3 Å². The number of anilines is 1. The minimum absolute atomic E-state index is 0.0164. The Morgan fingerprint density at radius 2 is 2.24 bits per heavy atom. The molecule has 0 aromatic heterocycles. The lowest BCUT2D eigenvalue weighted by atomic mass is 9.97. The quantitative estimate of drug-likeness (QED) is 0.714. The molecule has 0 bridgehead atoms. The van der Waals surface area contributed by atoms with Crippen molar-refractivity contribution in [1.29, 1.82) is 0 Å². The summed E-state index contributed by atoms with van der Waals surface area (Å²) in [5.41, 5.74) is 5.27. The Morgan fingerprint density at radius 1 is 1.57 bits per heavy atom. The minimum atomic E-state index is -3.81. The van der Waals surface area contributed by atoms with Gasteiger partial charge in [-0.25, -0.2) is 13.1 Å². The first-order chi connectivity index (χ1) is 9.66. The molecule has 1 aromatic rings. The third kappa shape index (κ3) is 3.32. The van der Waals surface area contributed by atoms with E-state index in [0.717, 1.165) is 0 Å². The van der Waals surface area contributed by atoms with E-state index >= 15 is 0 Å². The second-order valence-corrected chi connectivity index (χ2v) is 7.48. The molecule has 0 saturated carbocycles. The maximum absolute atomic E-state index is 12.4. The van der Waals surface area contributed by atoms with Crippen LogP contribution in [0.1, 0.15) is 18.9 Å². The predicted molar refractivity (Wildman–Crippen MR) is 80.8 cm³/mol. The van der Waals surface area contributed by atoms with Crippen LogP contribution in [0.15, 0.2) is 17.0 Å². The first-order valence-electron chi connectivity index (χ1n) is 6.55. The number of halogens is 1. The second-order valence-electron chi connectivity index (χ2n) is 5.31.